The van der Waals surface area contributed by atoms with Crippen LogP contribution in [-0.4, -0.2) is 26.7 Å². The summed E-state index contributed by atoms with van der Waals surface area (Å²) in [6.07, 6.45) is 1.63. The van der Waals surface area contributed by atoms with Gasteiger partial charge in [0, 0.05) is 17.0 Å². The molecule has 120 valence electrons. The predicted molar refractivity (Wildman–Crippen MR) is 91.3 cm³/mol. The van der Waals surface area contributed by atoms with Gasteiger partial charge >= 0.3 is 0 Å². The SMILES string of the molecule is Cc1cc(C(=O)CSc2nnc(NCc3ccco3)s2)c(C)[nH]1. The van der Waals surface area contributed by atoms with Crippen molar-refractivity contribution < 1.29 is 9.21 Å². The lowest BCUT2D eigenvalue weighted by Gasteiger charge is -1.98. The van der Waals surface area contributed by atoms with Crippen molar-refractivity contribution >= 4 is 34.0 Å². The van der Waals surface area contributed by atoms with Crippen LogP contribution in [0.4, 0.5) is 5.13 Å². The molecule has 3 aromatic heterocycles. The minimum absolute atomic E-state index is 0.0946. The van der Waals surface area contributed by atoms with Crippen molar-refractivity contribution in [1.29, 1.82) is 0 Å². The molecule has 0 spiro atoms. The van der Waals surface area contributed by atoms with Gasteiger partial charge in [-0.25, -0.2) is 0 Å². The molecular weight excluding hydrogens is 332 g/mol. The highest BCUT2D eigenvalue weighted by molar-refractivity contribution is 8.01. The Morgan fingerprint density at radius 1 is 1.43 bits per heavy atom. The van der Waals surface area contributed by atoms with E-state index in [2.05, 4.69) is 20.5 Å². The Bertz CT molecular complexity index is 792. The van der Waals surface area contributed by atoms with Gasteiger partial charge in [-0.3, -0.25) is 4.79 Å². The molecule has 0 saturated carbocycles. The van der Waals surface area contributed by atoms with E-state index in [0.29, 0.717) is 17.4 Å². The molecule has 0 aliphatic rings. The maximum atomic E-state index is 12.2. The van der Waals surface area contributed by atoms with E-state index in [9.17, 15) is 4.79 Å². The monoisotopic (exact) mass is 348 g/mol. The van der Waals surface area contributed by atoms with Crippen LogP contribution in [0.2, 0.25) is 0 Å². The molecule has 8 heteroatoms. The van der Waals surface area contributed by atoms with Crippen LogP contribution in [0.1, 0.15) is 27.5 Å². The van der Waals surface area contributed by atoms with Gasteiger partial charge in [-0.05, 0) is 32.0 Å². The second-order valence-corrected chi connectivity index (χ2v) is 7.21. The number of hydrogen-bond acceptors (Lipinski definition) is 7. The van der Waals surface area contributed by atoms with Crippen molar-refractivity contribution in [3.63, 3.8) is 0 Å². The summed E-state index contributed by atoms with van der Waals surface area (Å²) in [5.74, 6) is 1.28. The van der Waals surface area contributed by atoms with Crippen LogP contribution in [0.5, 0.6) is 0 Å². The molecule has 3 rings (SSSR count). The normalized spacial score (nSPS) is 10.9. The van der Waals surface area contributed by atoms with Crippen molar-refractivity contribution in [3.05, 3.63) is 47.2 Å². The highest BCUT2D eigenvalue weighted by Gasteiger charge is 2.13. The smallest absolute Gasteiger partial charge is 0.206 e. The Morgan fingerprint density at radius 2 is 2.30 bits per heavy atom. The number of ketones is 1. The number of aromatic amines is 1. The maximum Gasteiger partial charge on any atom is 0.206 e. The Hall–Kier alpha value is -2.06. The topological polar surface area (TPSA) is 83.8 Å². The van der Waals surface area contributed by atoms with Crippen LogP contribution >= 0.6 is 23.1 Å². The second kappa shape index (κ2) is 7.01. The zero-order valence-electron chi connectivity index (χ0n) is 12.8. The number of thioether (sulfide) groups is 1. The number of aromatic nitrogens is 3. The van der Waals surface area contributed by atoms with Crippen LogP contribution in [0.15, 0.2) is 33.2 Å². The molecule has 0 aromatic carbocycles. The molecule has 0 saturated heterocycles. The number of carbonyl (C=O) groups is 1. The van der Waals surface area contributed by atoms with Crippen molar-refractivity contribution in [2.75, 3.05) is 11.1 Å². The minimum Gasteiger partial charge on any atom is -0.467 e. The molecule has 0 aliphatic carbocycles. The second-order valence-electron chi connectivity index (χ2n) is 5.01. The number of carbonyl (C=O) groups excluding carboxylic acids is 1. The van der Waals surface area contributed by atoms with E-state index in [0.717, 1.165) is 27.1 Å². The number of Topliss-reactive ketones (excluding diaryl/α,β-unsaturated/α-hetero) is 1. The number of aryl methyl sites for hydroxylation is 2. The molecule has 23 heavy (non-hydrogen) atoms. The molecule has 0 bridgehead atoms. The highest BCUT2D eigenvalue weighted by Crippen LogP contribution is 2.27. The van der Waals surface area contributed by atoms with Crippen molar-refractivity contribution in [2.45, 2.75) is 24.7 Å². The van der Waals surface area contributed by atoms with Crippen LogP contribution < -0.4 is 5.32 Å². The molecule has 0 unspecified atom stereocenters. The molecular formula is C15H16N4O2S2. The van der Waals surface area contributed by atoms with E-state index >= 15 is 0 Å². The lowest BCUT2D eigenvalue weighted by atomic mass is 10.2. The summed E-state index contributed by atoms with van der Waals surface area (Å²) in [6, 6.07) is 5.62. The van der Waals surface area contributed by atoms with Crippen LogP contribution in [0.25, 0.3) is 0 Å². The lowest BCUT2D eigenvalue weighted by Crippen LogP contribution is -2.02. The molecule has 6 nitrogen and oxygen atoms in total. The summed E-state index contributed by atoms with van der Waals surface area (Å²) < 4.78 is 6.01. The predicted octanol–water partition coefficient (Wildman–Crippen LogP) is 3.66. The van der Waals surface area contributed by atoms with E-state index in [1.165, 1.54) is 23.1 Å². The first-order valence-corrected chi connectivity index (χ1v) is 8.84. The number of anilines is 1. The quantitative estimate of drug-likeness (QED) is 0.501. The zero-order chi connectivity index (χ0) is 16.2. The van der Waals surface area contributed by atoms with Crippen LogP contribution in [0.3, 0.4) is 0 Å². The average Bonchev–Trinajstić information content (AvgIpc) is 3.24. The van der Waals surface area contributed by atoms with Crippen molar-refractivity contribution in [3.8, 4) is 0 Å². The molecule has 2 N–H and O–H groups in total. The molecule has 3 aromatic rings. The Balaban J connectivity index is 1.52. The molecule has 3 heterocycles. The largest absolute Gasteiger partial charge is 0.467 e. The first-order chi connectivity index (χ1) is 11.1. The van der Waals surface area contributed by atoms with Crippen molar-refractivity contribution in [1.82, 2.24) is 15.2 Å². The Morgan fingerprint density at radius 3 is 3.00 bits per heavy atom. The summed E-state index contributed by atoms with van der Waals surface area (Å²) in [6.45, 7) is 4.41. The van der Waals surface area contributed by atoms with Gasteiger partial charge < -0.3 is 14.7 Å². The van der Waals surface area contributed by atoms with Crippen molar-refractivity contribution in [2.24, 2.45) is 0 Å². The average molecular weight is 348 g/mol. The molecule has 0 aliphatic heterocycles. The molecule has 0 fully saturated rings. The van der Waals surface area contributed by atoms with Gasteiger partial charge in [0.15, 0.2) is 10.1 Å². The fourth-order valence-corrected chi connectivity index (χ4v) is 3.76. The minimum atomic E-state index is 0.0946. The van der Waals surface area contributed by atoms with E-state index in [-0.39, 0.29) is 5.78 Å². The summed E-state index contributed by atoms with van der Waals surface area (Å²) in [5, 5.41) is 12.0. The first-order valence-electron chi connectivity index (χ1n) is 7.04. The third-order valence-corrected chi connectivity index (χ3v) is 5.19. The van der Waals surface area contributed by atoms with Gasteiger partial charge in [0.25, 0.3) is 0 Å². The fourth-order valence-electron chi connectivity index (χ4n) is 2.13. The molecule has 0 radical (unpaired) electrons. The van der Waals surface area contributed by atoms with Gasteiger partial charge in [-0.1, -0.05) is 23.1 Å². The summed E-state index contributed by atoms with van der Waals surface area (Å²) in [5.41, 5.74) is 2.65. The van der Waals surface area contributed by atoms with Gasteiger partial charge in [0.1, 0.15) is 5.76 Å². The number of nitrogens with zero attached hydrogens (tertiary/aromatic N) is 2. The third kappa shape index (κ3) is 4.02. The fraction of sp³-hybridized carbons (Fsp3) is 0.267. The lowest BCUT2D eigenvalue weighted by molar-refractivity contribution is 0.102. The number of rotatable bonds is 7. The van der Waals surface area contributed by atoms with E-state index in [1.807, 2.05) is 32.0 Å². The highest BCUT2D eigenvalue weighted by atomic mass is 32.2. The number of H-pyrrole nitrogens is 1. The first kappa shape index (κ1) is 15.8. The van der Waals surface area contributed by atoms with Gasteiger partial charge in [-0.2, -0.15) is 0 Å². The Kier molecular flexibility index (Phi) is 4.82. The van der Waals surface area contributed by atoms with Gasteiger partial charge in [-0.15, -0.1) is 10.2 Å². The standard InChI is InChI=1S/C15H16N4O2S2/c1-9-6-12(10(2)17-9)13(20)8-22-15-19-18-14(23-15)16-7-11-4-3-5-21-11/h3-6,17H,7-8H2,1-2H3,(H,16,18). The van der Waals surface area contributed by atoms with E-state index < -0.39 is 0 Å². The van der Waals surface area contributed by atoms with Gasteiger partial charge in [0.05, 0.1) is 18.6 Å². The van der Waals surface area contributed by atoms with Crippen LogP contribution in [0, 0.1) is 13.8 Å². The van der Waals surface area contributed by atoms with Crippen LogP contribution in [-0.2, 0) is 6.54 Å². The number of nitrogens with one attached hydrogen (secondary N) is 2. The van der Waals surface area contributed by atoms with E-state index in [1.54, 1.807) is 6.26 Å². The number of hydrogen-bond donors (Lipinski definition) is 2. The molecule has 0 atom stereocenters. The van der Waals surface area contributed by atoms with E-state index in [4.69, 9.17) is 4.42 Å². The summed E-state index contributed by atoms with van der Waals surface area (Å²) in [7, 11) is 0. The van der Waals surface area contributed by atoms with Gasteiger partial charge in [0.2, 0.25) is 5.13 Å². The Labute approximate surface area is 141 Å². The molecule has 0 amide bonds. The zero-order valence-corrected chi connectivity index (χ0v) is 14.4. The summed E-state index contributed by atoms with van der Waals surface area (Å²) in [4.78, 5) is 15.4. The third-order valence-electron chi connectivity index (χ3n) is 3.18. The maximum absolute atomic E-state index is 12.2. The summed E-state index contributed by atoms with van der Waals surface area (Å²) >= 11 is 2.83. The number of furan rings is 1.